The first kappa shape index (κ1) is 44.7. The monoisotopic (exact) mass is 908 g/mol. The van der Waals surface area contributed by atoms with E-state index < -0.39 is 0 Å². The van der Waals surface area contributed by atoms with E-state index in [-0.39, 0.29) is 5.41 Å². The minimum atomic E-state index is 0.124. The maximum absolute atomic E-state index is 5.90. The van der Waals surface area contributed by atoms with Crippen molar-refractivity contribution in [3.63, 3.8) is 0 Å². The van der Waals surface area contributed by atoms with E-state index in [4.69, 9.17) is 14.4 Å². The fourth-order valence-electron chi connectivity index (χ4n) is 8.22. The molecule has 6 heterocycles. The van der Waals surface area contributed by atoms with Gasteiger partial charge in [-0.3, -0.25) is 19.9 Å². The van der Waals surface area contributed by atoms with Gasteiger partial charge >= 0.3 is 0 Å². The molecule has 70 heavy (non-hydrogen) atoms. The molecule has 0 aliphatic heterocycles. The zero-order valence-corrected chi connectivity index (χ0v) is 39.3. The largest absolute Gasteiger partial charge is 0.416 e. The molecule has 11 rings (SSSR count). The number of hydrogen-bond donors (Lipinski definition) is 0. The molecule has 0 saturated heterocycles. The summed E-state index contributed by atoms with van der Waals surface area (Å²) >= 11 is 0. The average Bonchev–Trinajstić information content (AvgIpc) is 3.93. The SMILES string of the molecule is CC(C)(C)c1ccc(-c2nnc(-c3ccc(-c4ccccc4)cc3)o2)cc1.Cc1nc(-c2cc(-c3cccnc3)cc(-c3cccnc3)c2)cc(-c2cc(-c3cccnc3)cc(-c3cccnc3)c2)n1. The summed E-state index contributed by atoms with van der Waals surface area (Å²) in [7, 11) is 0. The van der Waals surface area contributed by atoms with Crippen LogP contribution >= 0.6 is 0 Å². The van der Waals surface area contributed by atoms with E-state index in [1.165, 1.54) is 11.1 Å². The van der Waals surface area contributed by atoms with Crippen LogP contribution in [0, 0.1) is 6.92 Å². The maximum Gasteiger partial charge on any atom is 0.248 e. The number of aromatic nitrogens is 8. The molecule has 0 amide bonds. The molecule has 6 aromatic heterocycles. The van der Waals surface area contributed by atoms with Gasteiger partial charge in [-0.1, -0.05) is 99.6 Å². The van der Waals surface area contributed by atoms with Gasteiger partial charge in [-0.05, 0) is 142 Å². The highest BCUT2D eigenvalue weighted by molar-refractivity contribution is 5.83. The number of hydrogen-bond acceptors (Lipinski definition) is 9. The van der Waals surface area contributed by atoms with Crippen molar-refractivity contribution in [2.75, 3.05) is 0 Å². The van der Waals surface area contributed by atoms with Gasteiger partial charge in [0.15, 0.2) is 0 Å². The maximum atomic E-state index is 5.90. The molecule has 0 aliphatic carbocycles. The van der Waals surface area contributed by atoms with E-state index in [0.717, 1.165) is 83.7 Å². The third-order valence-electron chi connectivity index (χ3n) is 11.9. The highest BCUT2D eigenvalue weighted by Crippen LogP contribution is 2.36. The molecule has 0 atom stereocenters. The van der Waals surface area contributed by atoms with Crippen LogP contribution in [-0.2, 0) is 5.41 Å². The van der Waals surface area contributed by atoms with Crippen LogP contribution in [-0.4, -0.2) is 40.1 Å². The Morgan fingerprint density at radius 2 is 0.671 bits per heavy atom. The van der Waals surface area contributed by atoms with Gasteiger partial charge in [-0.25, -0.2) is 9.97 Å². The van der Waals surface area contributed by atoms with Crippen LogP contribution in [0.3, 0.4) is 0 Å². The molecule has 0 N–H and O–H groups in total. The Kier molecular flexibility index (Phi) is 12.8. The normalized spacial score (nSPS) is 11.1. The van der Waals surface area contributed by atoms with E-state index in [0.29, 0.717) is 17.6 Å². The van der Waals surface area contributed by atoms with Crippen molar-refractivity contribution >= 4 is 0 Å². The lowest BCUT2D eigenvalue weighted by Crippen LogP contribution is -2.10. The molecular formula is C61H48N8O. The predicted octanol–water partition coefficient (Wildman–Crippen LogP) is 14.7. The summed E-state index contributed by atoms with van der Waals surface area (Å²) in [6.45, 7) is 8.54. The predicted molar refractivity (Wildman–Crippen MR) is 280 cm³/mol. The van der Waals surface area contributed by atoms with E-state index in [1.807, 2.05) is 98.4 Å². The highest BCUT2D eigenvalue weighted by atomic mass is 16.4. The first-order valence-corrected chi connectivity index (χ1v) is 23.1. The molecule has 338 valence electrons. The van der Waals surface area contributed by atoms with E-state index >= 15 is 0 Å². The molecule has 9 nitrogen and oxygen atoms in total. The van der Waals surface area contributed by atoms with Gasteiger partial charge in [0.25, 0.3) is 0 Å². The van der Waals surface area contributed by atoms with Crippen molar-refractivity contribution in [1.82, 2.24) is 40.1 Å². The van der Waals surface area contributed by atoms with Crippen LogP contribution in [0.1, 0.15) is 32.2 Å². The van der Waals surface area contributed by atoms with Crippen LogP contribution in [0.4, 0.5) is 0 Å². The summed E-state index contributed by atoms with van der Waals surface area (Å²) in [6, 6.07) is 57.9. The van der Waals surface area contributed by atoms with Crippen LogP contribution < -0.4 is 0 Å². The second-order valence-corrected chi connectivity index (χ2v) is 17.9. The molecule has 0 radical (unpaired) electrons. The van der Waals surface area contributed by atoms with Crippen molar-refractivity contribution < 1.29 is 4.42 Å². The third-order valence-corrected chi connectivity index (χ3v) is 11.9. The van der Waals surface area contributed by atoms with Crippen molar-refractivity contribution in [3.05, 3.63) is 231 Å². The van der Waals surface area contributed by atoms with Crippen LogP contribution in [0.2, 0.25) is 0 Å². The fraction of sp³-hybridized carbons (Fsp3) is 0.0820. The summed E-state index contributed by atoms with van der Waals surface area (Å²) in [6.07, 6.45) is 14.7. The number of aryl methyl sites for hydroxylation is 1. The summed E-state index contributed by atoms with van der Waals surface area (Å²) < 4.78 is 5.90. The lowest BCUT2D eigenvalue weighted by molar-refractivity contribution is 0.582. The number of benzene rings is 5. The standard InChI is InChI=1S/C37H26N6.C24H22N2O/c1-25-42-36(34-16-30(26-6-2-10-38-21-26)14-31(17-34)27-7-3-11-39-22-27)20-37(43-25)35-18-32(28-8-4-12-40-23-28)15-33(19-35)29-9-5-13-41-24-29;1-24(2,3)21-15-13-20(14-16-21)23-26-25-22(27-23)19-11-9-18(10-12-19)17-7-5-4-6-8-17/h2-24H,1H3;4-16H,1-3H3. The second-order valence-electron chi connectivity index (χ2n) is 17.9. The summed E-state index contributed by atoms with van der Waals surface area (Å²) in [5.74, 6) is 1.76. The van der Waals surface area contributed by atoms with Crippen LogP contribution in [0.15, 0.2) is 224 Å². The third kappa shape index (κ3) is 10.4. The molecule has 11 aromatic rings. The zero-order valence-electron chi connectivity index (χ0n) is 39.3. The molecule has 0 unspecified atom stereocenters. The average molecular weight is 909 g/mol. The van der Waals surface area contributed by atoms with E-state index in [2.05, 4.69) is 154 Å². The first-order chi connectivity index (χ1) is 34.2. The van der Waals surface area contributed by atoms with Gasteiger partial charge in [0.05, 0.1) is 11.4 Å². The van der Waals surface area contributed by atoms with Gasteiger partial charge in [-0.15, -0.1) is 10.2 Å². The lowest BCUT2D eigenvalue weighted by Gasteiger charge is -2.18. The molecule has 9 heteroatoms. The van der Waals surface area contributed by atoms with Gasteiger partial charge in [0, 0.05) is 94.1 Å². The van der Waals surface area contributed by atoms with Gasteiger partial charge in [-0.2, -0.15) is 0 Å². The number of nitrogens with zero attached hydrogens (tertiary/aromatic N) is 8. The molecule has 0 aliphatic rings. The fourth-order valence-corrected chi connectivity index (χ4v) is 8.22. The quantitative estimate of drug-likeness (QED) is 0.140. The van der Waals surface area contributed by atoms with Gasteiger partial charge in [0.2, 0.25) is 11.8 Å². The molecule has 0 fully saturated rings. The lowest BCUT2D eigenvalue weighted by atomic mass is 9.87. The Labute approximate surface area is 407 Å². The highest BCUT2D eigenvalue weighted by Gasteiger charge is 2.17. The summed E-state index contributed by atoms with van der Waals surface area (Å²) in [5, 5.41) is 8.44. The van der Waals surface area contributed by atoms with Crippen LogP contribution in [0.25, 0.3) is 101 Å². The smallest absolute Gasteiger partial charge is 0.248 e. The second kappa shape index (κ2) is 20.0. The van der Waals surface area contributed by atoms with Crippen molar-refractivity contribution in [1.29, 1.82) is 0 Å². The number of rotatable bonds is 9. The summed E-state index contributed by atoms with van der Waals surface area (Å²) in [5.41, 5.74) is 17.6. The first-order valence-electron chi connectivity index (χ1n) is 23.1. The topological polar surface area (TPSA) is 116 Å². The molecule has 0 spiro atoms. The van der Waals surface area contributed by atoms with Crippen LogP contribution in [0.5, 0.6) is 0 Å². The molecule has 5 aromatic carbocycles. The Hall–Kier alpha value is -9.08. The van der Waals surface area contributed by atoms with Gasteiger partial charge < -0.3 is 4.42 Å². The molecule has 0 bridgehead atoms. The molecular weight excluding hydrogens is 861 g/mol. The van der Waals surface area contributed by atoms with Crippen molar-refractivity contribution in [3.8, 4) is 101 Å². The Morgan fingerprint density at radius 3 is 1.04 bits per heavy atom. The van der Waals surface area contributed by atoms with Crippen molar-refractivity contribution in [2.24, 2.45) is 0 Å². The van der Waals surface area contributed by atoms with Gasteiger partial charge in [0.1, 0.15) is 5.82 Å². The summed E-state index contributed by atoms with van der Waals surface area (Å²) in [4.78, 5) is 27.2. The van der Waals surface area contributed by atoms with Crippen molar-refractivity contribution in [2.45, 2.75) is 33.1 Å². The Balaban J connectivity index is 0.000000180. The number of pyridine rings is 4. The minimum Gasteiger partial charge on any atom is -0.416 e. The Morgan fingerprint density at radius 1 is 0.329 bits per heavy atom. The zero-order chi connectivity index (χ0) is 47.9. The van der Waals surface area contributed by atoms with E-state index in [1.54, 1.807) is 24.8 Å². The van der Waals surface area contributed by atoms with E-state index in [9.17, 15) is 0 Å². The molecule has 0 saturated carbocycles. The Bertz CT molecular complexity index is 3230. The minimum absolute atomic E-state index is 0.124.